The summed E-state index contributed by atoms with van der Waals surface area (Å²) in [6.45, 7) is 3.15. The number of aromatic nitrogens is 1. The zero-order chi connectivity index (χ0) is 20.6. The normalized spacial score (nSPS) is 15.4. The van der Waals surface area contributed by atoms with Crippen molar-refractivity contribution in [2.24, 2.45) is 16.6 Å². The number of nitrogens with two attached hydrogens (primary N) is 1. The largest absolute Gasteiger partial charge is 0.369 e. The highest BCUT2D eigenvalue weighted by atomic mass is 32.1. The standard InChI is InChI=1S/C21H30N6OS/c1-23-21(26(2)11-9-18-6-4-14-29-18)25-15-17-5-3-10-24-20(17)27-12-7-16(8-13-27)19(22)28/h3-6,10,14,16H,7-9,11-13,15H2,1-2H3,(H2,22,28)(H,23,25). The molecule has 0 bridgehead atoms. The van der Waals surface area contributed by atoms with E-state index in [4.69, 9.17) is 5.73 Å². The number of aliphatic imine (C=N–C) groups is 1. The molecule has 2 aromatic heterocycles. The molecule has 3 rings (SSSR count). The van der Waals surface area contributed by atoms with Gasteiger partial charge in [-0.05, 0) is 36.8 Å². The summed E-state index contributed by atoms with van der Waals surface area (Å²) in [6.07, 6.45) is 4.39. The topological polar surface area (TPSA) is 86.9 Å². The van der Waals surface area contributed by atoms with Crippen LogP contribution in [0.25, 0.3) is 0 Å². The first-order valence-corrected chi connectivity index (χ1v) is 10.9. The maximum absolute atomic E-state index is 11.4. The third kappa shape index (κ3) is 5.69. The van der Waals surface area contributed by atoms with Crippen molar-refractivity contribution in [2.75, 3.05) is 38.6 Å². The fraction of sp³-hybridized carbons (Fsp3) is 0.476. The van der Waals surface area contributed by atoms with Crippen LogP contribution in [-0.2, 0) is 17.8 Å². The molecule has 1 amide bonds. The molecule has 8 heteroatoms. The molecule has 1 aliphatic rings. The van der Waals surface area contributed by atoms with E-state index < -0.39 is 0 Å². The Balaban J connectivity index is 1.58. The van der Waals surface area contributed by atoms with Crippen molar-refractivity contribution in [3.63, 3.8) is 0 Å². The summed E-state index contributed by atoms with van der Waals surface area (Å²) in [7, 11) is 3.87. The van der Waals surface area contributed by atoms with Gasteiger partial charge < -0.3 is 20.9 Å². The second kappa shape index (κ2) is 10.2. The molecule has 3 N–H and O–H groups in total. The van der Waals surface area contributed by atoms with Gasteiger partial charge in [-0.2, -0.15) is 0 Å². The maximum Gasteiger partial charge on any atom is 0.220 e. The van der Waals surface area contributed by atoms with Crippen LogP contribution in [0.2, 0.25) is 0 Å². The van der Waals surface area contributed by atoms with E-state index in [2.05, 4.69) is 55.7 Å². The molecule has 29 heavy (non-hydrogen) atoms. The van der Waals surface area contributed by atoms with Gasteiger partial charge in [0.05, 0.1) is 0 Å². The number of nitrogens with zero attached hydrogens (tertiary/aromatic N) is 4. The van der Waals surface area contributed by atoms with E-state index in [-0.39, 0.29) is 11.8 Å². The SMILES string of the molecule is CN=C(NCc1cccnc1N1CCC(C(N)=O)CC1)N(C)CCc1cccs1. The average molecular weight is 415 g/mol. The molecule has 0 aliphatic carbocycles. The number of pyridine rings is 1. The Bertz CT molecular complexity index is 814. The van der Waals surface area contributed by atoms with E-state index in [0.29, 0.717) is 6.54 Å². The molecule has 2 aromatic rings. The third-order valence-electron chi connectivity index (χ3n) is 5.35. The van der Waals surface area contributed by atoms with Crippen LogP contribution in [0.15, 0.2) is 40.8 Å². The first-order valence-electron chi connectivity index (χ1n) is 10.0. The predicted molar refractivity (Wildman–Crippen MR) is 119 cm³/mol. The number of hydrogen-bond acceptors (Lipinski definition) is 5. The van der Waals surface area contributed by atoms with Crippen molar-refractivity contribution in [1.82, 2.24) is 15.2 Å². The van der Waals surface area contributed by atoms with Crippen molar-refractivity contribution >= 4 is 29.0 Å². The second-order valence-electron chi connectivity index (χ2n) is 7.30. The van der Waals surface area contributed by atoms with Gasteiger partial charge in [0.1, 0.15) is 5.82 Å². The summed E-state index contributed by atoms with van der Waals surface area (Å²) < 4.78 is 0. The number of amides is 1. The number of guanidine groups is 1. The molecular formula is C21H30N6OS. The summed E-state index contributed by atoms with van der Waals surface area (Å²) in [5.74, 6) is 1.62. The number of carbonyl (C=O) groups is 1. The number of nitrogens with one attached hydrogen (secondary N) is 1. The second-order valence-corrected chi connectivity index (χ2v) is 8.33. The Kier molecular flexibility index (Phi) is 7.46. The lowest BCUT2D eigenvalue weighted by Gasteiger charge is -2.32. The van der Waals surface area contributed by atoms with Crippen molar-refractivity contribution in [3.05, 3.63) is 46.3 Å². The number of piperidine rings is 1. The summed E-state index contributed by atoms with van der Waals surface area (Å²) in [6, 6.07) is 8.30. The molecule has 0 unspecified atom stereocenters. The van der Waals surface area contributed by atoms with Gasteiger partial charge in [-0.1, -0.05) is 12.1 Å². The van der Waals surface area contributed by atoms with Crippen LogP contribution in [0.3, 0.4) is 0 Å². The number of anilines is 1. The molecule has 7 nitrogen and oxygen atoms in total. The monoisotopic (exact) mass is 414 g/mol. The number of likely N-dealkylation sites (N-methyl/N-ethyl adjacent to an activating group) is 1. The average Bonchev–Trinajstić information content (AvgIpc) is 3.27. The predicted octanol–water partition coefficient (Wildman–Crippen LogP) is 2.09. The minimum atomic E-state index is -0.193. The van der Waals surface area contributed by atoms with E-state index in [0.717, 1.165) is 56.2 Å². The number of primary amides is 1. The van der Waals surface area contributed by atoms with Crippen LogP contribution in [0.1, 0.15) is 23.3 Å². The van der Waals surface area contributed by atoms with E-state index in [1.807, 2.05) is 19.3 Å². The molecule has 3 heterocycles. The van der Waals surface area contributed by atoms with E-state index in [1.165, 1.54) is 4.88 Å². The maximum atomic E-state index is 11.4. The van der Waals surface area contributed by atoms with Gasteiger partial charge in [0.15, 0.2) is 5.96 Å². The van der Waals surface area contributed by atoms with Gasteiger partial charge in [0, 0.05) is 62.8 Å². The number of rotatable bonds is 7. The highest BCUT2D eigenvalue weighted by molar-refractivity contribution is 7.09. The van der Waals surface area contributed by atoms with Gasteiger partial charge in [-0.15, -0.1) is 11.3 Å². The summed E-state index contributed by atoms with van der Waals surface area (Å²) in [4.78, 5) is 26.2. The van der Waals surface area contributed by atoms with E-state index in [9.17, 15) is 4.79 Å². The molecule has 0 spiro atoms. The van der Waals surface area contributed by atoms with Crippen molar-refractivity contribution in [2.45, 2.75) is 25.8 Å². The lowest BCUT2D eigenvalue weighted by atomic mass is 9.96. The van der Waals surface area contributed by atoms with Crippen LogP contribution in [0, 0.1) is 5.92 Å². The third-order valence-corrected chi connectivity index (χ3v) is 6.28. The molecular weight excluding hydrogens is 384 g/mol. The summed E-state index contributed by atoms with van der Waals surface area (Å²) in [5, 5.41) is 5.57. The number of thiophene rings is 1. The fourth-order valence-corrected chi connectivity index (χ4v) is 4.32. The first kappa shape index (κ1) is 21.1. The Hall–Kier alpha value is -2.61. The Morgan fingerprint density at radius 1 is 1.38 bits per heavy atom. The van der Waals surface area contributed by atoms with Crippen molar-refractivity contribution in [3.8, 4) is 0 Å². The van der Waals surface area contributed by atoms with E-state index >= 15 is 0 Å². The molecule has 156 valence electrons. The Morgan fingerprint density at radius 2 is 2.17 bits per heavy atom. The number of hydrogen-bond donors (Lipinski definition) is 2. The van der Waals surface area contributed by atoms with Gasteiger partial charge in [-0.25, -0.2) is 4.98 Å². The minimum Gasteiger partial charge on any atom is -0.369 e. The molecule has 1 fully saturated rings. The Morgan fingerprint density at radius 3 is 2.83 bits per heavy atom. The minimum absolute atomic E-state index is 0.0210. The molecule has 0 saturated carbocycles. The first-order chi connectivity index (χ1) is 14.1. The molecule has 0 radical (unpaired) electrons. The molecule has 0 atom stereocenters. The molecule has 0 aromatic carbocycles. The highest BCUT2D eigenvalue weighted by Crippen LogP contribution is 2.24. The smallest absolute Gasteiger partial charge is 0.220 e. The van der Waals surface area contributed by atoms with Crippen LogP contribution in [0.5, 0.6) is 0 Å². The highest BCUT2D eigenvalue weighted by Gasteiger charge is 2.25. The van der Waals surface area contributed by atoms with Crippen molar-refractivity contribution < 1.29 is 4.79 Å². The van der Waals surface area contributed by atoms with Crippen molar-refractivity contribution in [1.29, 1.82) is 0 Å². The van der Waals surface area contributed by atoms with Gasteiger partial charge in [0.25, 0.3) is 0 Å². The van der Waals surface area contributed by atoms with Crippen LogP contribution < -0.4 is 16.0 Å². The number of carbonyl (C=O) groups excluding carboxylic acids is 1. The summed E-state index contributed by atoms with van der Waals surface area (Å²) in [5.41, 5.74) is 6.58. The van der Waals surface area contributed by atoms with Crippen LogP contribution >= 0.6 is 11.3 Å². The van der Waals surface area contributed by atoms with Crippen LogP contribution in [-0.4, -0.2) is 55.5 Å². The Labute approximate surface area is 176 Å². The summed E-state index contributed by atoms with van der Waals surface area (Å²) >= 11 is 1.78. The molecule has 1 saturated heterocycles. The van der Waals surface area contributed by atoms with Gasteiger partial charge >= 0.3 is 0 Å². The lowest BCUT2D eigenvalue weighted by Crippen LogP contribution is -2.41. The quantitative estimate of drug-likeness (QED) is 0.535. The van der Waals surface area contributed by atoms with E-state index in [1.54, 1.807) is 11.3 Å². The van der Waals surface area contributed by atoms with Gasteiger partial charge in [0.2, 0.25) is 5.91 Å². The lowest BCUT2D eigenvalue weighted by molar-refractivity contribution is -0.122. The zero-order valence-corrected chi connectivity index (χ0v) is 18.0. The van der Waals surface area contributed by atoms with Crippen LogP contribution in [0.4, 0.5) is 5.82 Å². The fourth-order valence-electron chi connectivity index (χ4n) is 3.63. The zero-order valence-electron chi connectivity index (χ0n) is 17.2. The molecule has 1 aliphatic heterocycles. The van der Waals surface area contributed by atoms with Gasteiger partial charge in [-0.3, -0.25) is 9.79 Å².